The fourth-order valence-corrected chi connectivity index (χ4v) is 2.58. The number of hydrogen-bond acceptors (Lipinski definition) is 5. The standard InChI is InChI=1S/C19H19N3O3/c1-2-5-17(23)18(24)11-9-13-8-10-16(19(25)12-13)22-20-14-6-3-4-7-15(14)21-22/h2-8,10,12,18,24-25H,9,11H2,1H3. The number of aryl methyl sites for hydroxylation is 1. The zero-order chi connectivity index (χ0) is 17.8. The number of nitrogens with zero attached hydrogens (tertiary/aromatic N) is 3. The molecule has 2 aromatic carbocycles. The normalized spacial score (nSPS) is 12.7. The van der Waals surface area contributed by atoms with Gasteiger partial charge in [0, 0.05) is 0 Å². The van der Waals surface area contributed by atoms with E-state index in [4.69, 9.17) is 0 Å². The van der Waals surface area contributed by atoms with E-state index >= 15 is 0 Å². The summed E-state index contributed by atoms with van der Waals surface area (Å²) in [6, 6.07) is 12.6. The summed E-state index contributed by atoms with van der Waals surface area (Å²) >= 11 is 0. The van der Waals surface area contributed by atoms with E-state index in [1.807, 2.05) is 30.3 Å². The van der Waals surface area contributed by atoms with Crippen LogP contribution in [0.1, 0.15) is 18.9 Å². The first-order valence-electron chi connectivity index (χ1n) is 8.07. The number of fused-ring (bicyclic) bond motifs is 1. The number of benzene rings is 2. The third-order valence-corrected chi connectivity index (χ3v) is 3.91. The summed E-state index contributed by atoms with van der Waals surface area (Å²) < 4.78 is 0. The van der Waals surface area contributed by atoms with Crippen LogP contribution in [0.3, 0.4) is 0 Å². The average molecular weight is 337 g/mol. The molecule has 0 fully saturated rings. The highest BCUT2D eigenvalue weighted by Crippen LogP contribution is 2.24. The number of allylic oxidation sites excluding steroid dienone is 1. The highest BCUT2D eigenvalue weighted by Gasteiger charge is 2.13. The van der Waals surface area contributed by atoms with Crippen molar-refractivity contribution in [2.24, 2.45) is 0 Å². The molecule has 0 aliphatic heterocycles. The predicted octanol–water partition coefficient (Wildman–Crippen LogP) is 2.56. The second-order valence-electron chi connectivity index (χ2n) is 5.76. The molecular weight excluding hydrogens is 318 g/mol. The van der Waals surface area contributed by atoms with Crippen molar-refractivity contribution in [2.45, 2.75) is 25.9 Å². The van der Waals surface area contributed by atoms with Crippen molar-refractivity contribution in [3.8, 4) is 11.4 Å². The van der Waals surface area contributed by atoms with Gasteiger partial charge in [-0.15, -0.1) is 15.0 Å². The average Bonchev–Trinajstić information content (AvgIpc) is 3.03. The largest absolute Gasteiger partial charge is 0.506 e. The number of rotatable bonds is 6. The number of carbonyl (C=O) groups is 1. The number of aliphatic hydroxyl groups is 1. The molecule has 6 nitrogen and oxygen atoms in total. The molecule has 3 rings (SSSR count). The summed E-state index contributed by atoms with van der Waals surface area (Å²) in [7, 11) is 0. The van der Waals surface area contributed by atoms with Gasteiger partial charge in [-0.1, -0.05) is 24.3 Å². The Morgan fingerprint density at radius 1 is 1.20 bits per heavy atom. The Balaban J connectivity index is 1.75. The first-order valence-corrected chi connectivity index (χ1v) is 8.07. The maximum Gasteiger partial charge on any atom is 0.183 e. The fourth-order valence-electron chi connectivity index (χ4n) is 2.58. The SMILES string of the molecule is CC=CC(=O)C(O)CCc1ccc(-n2nc3ccccc3n2)c(O)c1. The molecule has 0 amide bonds. The van der Waals surface area contributed by atoms with E-state index < -0.39 is 6.10 Å². The minimum Gasteiger partial charge on any atom is -0.506 e. The summed E-state index contributed by atoms with van der Waals surface area (Å²) in [4.78, 5) is 12.9. The molecule has 128 valence electrons. The molecule has 1 heterocycles. The number of carbonyl (C=O) groups excluding carboxylic acids is 1. The quantitative estimate of drug-likeness (QED) is 0.675. The molecule has 2 N–H and O–H groups in total. The van der Waals surface area contributed by atoms with Crippen LogP contribution >= 0.6 is 0 Å². The molecule has 1 atom stereocenters. The minimum absolute atomic E-state index is 0.0482. The van der Waals surface area contributed by atoms with Crippen molar-refractivity contribution in [3.63, 3.8) is 0 Å². The number of phenols is 1. The lowest BCUT2D eigenvalue weighted by molar-refractivity contribution is -0.122. The number of phenolic OH excluding ortho intramolecular Hbond substituents is 1. The van der Waals surface area contributed by atoms with Crippen LogP contribution in [0.5, 0.6) is 5.75 Å². The first kappa shape index (κ1) is 16.9. The molecule has 0 saturated carbocycles. The molecule has 25 heavy (non-hydrogen) atoms. The van der Waals surface area contributed by atoms with Crippen LogP contribution < -0.4 is 0 Å². The topological polar surface area (TPSA) is 88.2 Å². The Labute approximate surface area is 145 Å². The molecule has 0 saturated heterocycles. The number of aromatic hydroxyl groups is 1. The lowest BCUT2D eigenvalue weighted by Crippen LogP contribution is -2.18. The lowest BCUT2D eigenvalue weighted by atomic mass is 10.0. The summed E-state index contributed by atoms with van der Waals surface area (Å²) in [5.74, 6) is -0.261. The Morgan fingerprint density at radius 2 is 1.88 bits per heavy atom. The monoisotopic (exact) mass is 337 g/mol. The van der Waals surface area contributed by atoms with Crippen molar-refractivity contribution in [2.75, 3.05) is 0 Å². The Kier molecular flexibility index (Phi) is 4.90. The van der Waals surface area contributed by atoms with Gasteiger partial charge in [0.2, 0.25) is 0 Å². The number of aliphatic hydroxyl groups excluding tert-OH is 1. The zero-order valence-electron chi connectivity index (χ0n) is 13.8. The zero-order valence-corrected chi connectivity index (χ0v) is 13.8. The van der Waals surface area contributed by atoms with Gasteiger partial charge in [-0.2, -0.15) is 0 Å². The second kappa shape index (κ2) is 7.27. The van der Waals surface area contributed by atoms with E-state index in [0.717, 1.165) is 16.6 Å². The number of aromatic nitrogens is 3. The number of hydrogen-bond donors (Lipinski definition) is 2. The van der Waals surface area contributed by atoms with E-state index in [1.54, 1.807) is 25.1 Å². The molecule has 0 spiro atoms. The van der Waals surface area contributed by atoms with Crippen molar-refractivity contribution < 1.29 is 15.0 Å². The molecule has 0 aliphatic rings. The van der Waals surface area contributed by atoms with Gasteiger partial charge in [-0.3, -0.25) is 4.79 Å². The van der Waals surface area contributed by atoms with E-state index in [2.05, 4.69) is 10.2 Å². The summed E-state index contributed by atoms with van der Waals surface area (Å²) in [6.07, 6.45) is 2.71. The third kappa shape index (κ3) is 3.75. The smallest absolute Gasteiger partial charge is 0.183 e. The van der Waals surface area contributed by atoms with E-state index in [-0.39, 0.29) is 11.5 Å². The van der Waals surface area contributed by atoms with Gasteiger partial charge < -0.3 is 10.2 Å². The van der Waals surface area contributed by atoms with Gasteiger partial charge in [0.15, 0.2) is 5.78 Å². The lowest BCUT2D eigenvalue weighted by Gasteiger charge is -2.09. The maximum atomic E-state index is 11.5. The van der Waals surface area contributed by atoms with E-state index in [0.29, 0.717) is 18.5 Å². The molecule has 0 aliphatic carbocycles. The van der Waals surface area contributed by atoms with Crippen molar-refractivity contribution >= 4 is 16.8 Å². The van der Waals surface area contributed by atoms with Gasteiger partial charge in [0.05, 0.1) is 0 Å². The molecule has 0 radical (unpaired) electrons. The molecule has 1 aromatic heterocycles. The van der Waals surface area contributed by atoms with Crippen LogP contribution in [0.2, 0.25) is 0 Å². The fraction of sp³-hybridized carbons (Fsp3) is 0.211. The maximum absolute atomic E-state index is 11.5. The first-order chi connectivity index (χ1) is 12.1. The van der Waals surface area contributed by atoms with Gasteiger partial charge in [0.1, 0.15) is 28.6 Å². The summed E-state index contributed by atoms with van der Waals surface area (Å²) in [5.41, 5.74) is 2.80. The summed E-state index contributed by atoms with van der Waals surface area (Å²) in [6.45, 7) is 1.73. The van der Waals surface area contributed by atoms with Crippen LogP contribution in [0, 0.1) is 0 Å². The van der Waals surface area contributed by atoms with E-state index in [9.17, 15) is 15.0 Å². The van der Waals surface area contributed by atoms with Gasteiger partial charge >= 0.3 is 0 Å². The van der Waals surface area contributed by atoms with Gasteiger partial charge in [0.25, 0.3) is 0 Å². The highest BCUT2D eigenvalue weighted by molar-refractivity contribution is 5.93. The Morgan fingerprint density at radius 3 is 2.48 bits per heavy atom. The Hall–Kier alpha value is -2.99. The molecule has 3 aromatic rings. The van der Waals surface area contributed by atoms with Crippen LogP contribution in [0.25, 0.3) is 16.7 Å². The highest BCUT2D eigenvalue weighted by atomic mass is 16.3. The van der Waals surface area contributed by atoms with Crippen LogP contribution in [0.15, 0.2) is 54.6 Å². The van der Waals surface area contributed by atoms with Crippen LogP contribution in [-0.4, -0.2) is 37.1 Å². The van der Waals surface area contributed by atoms with Crippen molar-refractivity contribution in [1.82, 2.24) is 15.0 Å². The predicted molar refractivity (Wildman–Crippen MR) is 94.7 cm³/mol. The van der Waals surface area contributed by atoms with Crippen molar-refractivity contribution in [1.29, 1.82) is 0 Å². The van der Waals surface area contributed by atoms with Gasteiger partial charge in [-0.25, -0.2) is 0 Å². The minimum atomic E-state index is -1.03. The molecule has 1 unspecified atom stereocenters. The number of ketones is 1. The molecule has 0 bridgehead atoms. The van der Waals surface area contributed by atoms with Gasteiger partial charge in [-0.05, 0) is 55.7 Å². The summed E-state index contributed by atoms with van der Waals surface area (Å²) in [5, 5.41) is 28.8. The van der Waals surface area contributed by atoms with Crippen LogP contribution in [-0.2, 0) is 11.2 Å². The second-order valence-corrected chi connectivity index (χ2v) is 5.76. The van der Waals surface area contributed by atoms with Crippen LogP contribution in [0.4, 0.5) is 0 Å². The molecular formula is C19H19N3O3. The van der Waals surface area contributed by atoms with E-state index in [1.165, 1.54) is 10.9 Å². The molecule has 6 heteroatoms. The third-order valence-electron chi connectivity index (χ3n) is 3.91. The Bertz CT molecular complexity index is 898. The van der Waals surface area contributed by atoms with Crippen molar-refractivity contribution in [3.05, 3.63) is 60.2 Å².